The third-order valence-electron chi connectivity index (χ3n) is 4.86. The molecule has 1 aromatic heterocycles. The number of rotatable bonds is 8. The molecule has 166 valence electrons. The summed E-state index contributed by atoms with van der Waals surface area (Å²) in [5.41, 5.74) is 1.06. The summed E-state index contributed by atoms with van der Waals surface area (Å²) >= 11 is 5.94. The third kappa shape index (κ3) is 6.21. The molecule has 0 aliphatic heterocycles. The van der Waals surface area contributed by atoms with Crippen molar-refractivity contribution in [3.05, 3.63) is 40.5 Å². The second kappa shape index (κ2) is 10.3. The molecule has 1 aliphatic carbocycles. The summed E-state index contributed by atoms with van der Waals surface area (Å²) in [5.74, 6) is 0.340. The molecule has 1 aliphatic rings. The summed E-state index contributed by atoms with van der Waals surface area (Å²) < 4.78 is 10.8. The van der Waals surface area contributed by atoms with Crippen LogP contribution in [0.15, 0.2) is 24.3 Å². The van der Waals surface area contributed by atoms with Crippen LogP contribution in [0.3, 0.4) is 0 Å². The lowest BCUT2D eigenvalue weighted by Gasteiger charge is -2.14. The Morgan fingerprint density at radius 3 is 2.90 bits per heavy atom. The van der Waals surface area contributed by atoms with Crippen LogP contribution in [-0.2, 0) is 9.53 Å². The van der Waals surface area contributed by atoms with Crippen LogP contribution in [0.25, 0.3) is 0 Å². The number of amides is 2. The van der Waals surface area contributed by atoms with Gasteiger partial charge in [-0.05, 0) is 45.2 Å². The van der Waals surface area contributed by atoms with Crippen LogP contribution in [-0.4, -0.2) is 47.2 Å². The average molecular weight is 449 g/mol. The first kappa shape index (κ1) is 22.6. The molecule has 10 heteroatoms. The van der Waals surface area contributed by atoms with Gasteiger partial charge in [0.15, 0.2) is 18.7 Å². The Morgan fingerprint density at radius 2 is 2.16 bits per heavy atom. The molecule has 0 radical (unpaired) electrons. The molecule has 0 saturated heterocycles. The Kier molecular flexibility index (Phi) is 7.51. The molecule has 1 aromatic carbocycles. The third-order valence-corrected chi connectivity index (χ3v) is 5.19. The largest absolute Gasteiger partial charge is 0.483 e. The van der Waals surface area contributed by atoms with Crippen molar-refractivity contribution in [1.82, 2.24) is 15.5 Å². The lowest BCUT2D eigenvalue weighted by atomic mass is 10.0. The topological polar surface area (TPSA) is 122 Å². The van der Waals surface area contributed by atoms with Crippen LogP contribution in [0.1, 0.15) is 55.1 Å². The highest BCUT2D eigenvalue weighted by Gasteiger charge is 2.30. The van der Waals surface area contributed by atoms with Crippen LogP contribution < -0.4 is 15.4 Å². The van der Waals surface area contributed by atoms with Crippen molar-refractivity contribution in [2.45, 2.75) is 51.2 Å². The molecule has 31 heavy (non-hydrogen) atoms. The SMILES string of the molecule is CC(C)NC(=O)OC1CCC(c2cc(NC(=O)COc3cccc(Cl)c3C=O)n[nH]2)C1. The number of nitrogens with one attached hydrogen (secondary N) is 3. The summed E-state index contributed by atoms with van der Waals surface area (Å²) in [6.45, 7) is 3.45. The van der Waals surface area contributed by atoms with E-state index in [4.69, 9.17) is 21.1 Å². The fourth-order valence-electron chi connectivity index (χ4n) is 3.44. The fourth-order valence-corrected chi connectivity index (χ4v) is 3.65. The number of ether oxygens (including phenoxy) is 2. The summed E-state index contributed by atoms with van der Waals surface area (Å²) in [6, 6.07) is 6.55. The number of aromatic amines is 1. The zero-order valence-corrected chi connectivity index (χ0v) is 18.1. The van der Waals surface area contributed by atoms with Crippen molar-refractivity contribution in [2.24, 2.45) is 0 Å². The van der Waals surface area contributed by atoms with Gasteiger partial charge in [-0.25, -0.2) is 4.79 Å². The normalized spacial score (nSPS) is 17.9. The number of hydrogen-bond acceptors (Lipinski definition) is 6. The Hall–Kier alpha value is -3.07. The first-order chi connectivity index (χ1) is 14.9. The summed E-state index contributed by atoms with van der Waals surface area (Å²) in [6.07, 6.45) is 2.33. The zero-order valence-electron chi connectivity index (χ0n) is 17.3. The second-order valence-corrected chi connectivity index (χ2v) is 8.06. The van der Waals surface area contributed by atoms with E-state index >= 15 is 0 Å². The van der Waals surface area contributed by atoms with Gasteiger partial charge in [0.2, 0.25) is 0 Å². The van der Waals surface area contributed by atoms with Crippen molar-refractivity contribution in [3.8, 4) is 5.75 Å². The van der Waals surface area contributed by atoms with E-state index in [1.54, 1.807) is 24.3 Å². The van der Waals surface area contributed by atoms with E-state index in [-0.39, 0.29) is 41.0 Å². The number of aromatic nitrogens is 2. The van der Waals surface area contributed by atoms with Crippen LogP contribution >= 0.6 is 11.6 Å². The maximum Gasteiger partial charge on any atom is 0.407 e. The minimum absolute atomic E-state index is 0.0244. The number of carbonyl (C=O) groups is 3. The number of alkyl carbamates (subject to hydrolysis) is 1. The highest BCUT2D eigenvalue weighted by Crippen LogP contribution is 2.35. The van der Waals surface area contributed by atoms with Gasteiger partial charge in [0.1, 0.15) is 11.9 Å². The van der Waals surface area contributed by atoms with Gasteiger partial charge >= 0.3 is 6.09 Å². The summed E-state index contributed by atoms with van der Waals surface area (Å²) in [7, 11) is 0. The van der Waals surface area contributed by atoms with Gasteiger partial charge < -0.3 is 20.1 Å². The Balaban J connectivity index is 1.49. The van der Waals surface area contributed by atoms with Gasteiger partial charge in [0, 0.05) is 23.7 Å². The molecule has 3 N–H and O–H groups in total. The zero-order chi connectivity index (χ0) is 22.4. The molecule has 1 heterocycles. The van der Waals surface area contributed by atoms with Crippen molar-refractivity contribution >= 4 is 35.7 Å². The van der Waals surface area contributed by atoms with Crippen LogP contribution in [0.4, 0.5) is 10.6 Å². The smallest absolute Gasteiger partial charge is 0.407 e. The highest BCUT2D eigenvalue weighted by atomic mass is 35.5. The molecule has 2 unspecified atom stereocenters. The maximum absolute atomic E-state index is 12.2. The number of benzene rings is 1. The number of anilines is 1. The van der Waals surface area contributed by atoms with Gasteiger partial charge in [0.05, 0.1) is 10.6 Å². The molecule has 0 bridgehead atoms. The standard InChI is InChI=1S/C21H25ClN4O5/c1-12(2)23-21(29)31-14-7-6-13(8-14)17-9-19(26-25-17)24-20(28)11-30-18-5-3-4-16(22)15(18)10-27/h3-5,9-10,12-14H,6-8,11H2,1-2H3,(H,23,29)(H2,24,25,26,28). The average Bonchev–Trinajstić information content (AvgIpc) is 3.35. The monoisotopic (exact) mass is 448 g/mol. The number of H-pyrrole nitrogens is 1. The molecular formula is C21H25ClN4O5. The van der Waals surface area contributed by atoms with Crippen LogP contribution in [0.2, 0.25) is 5.02 Å². The van der Waals surface area contributed by atoms with Crippen molar-refractivity contribution in [1.29, 1.82) is 0 Å². The van der Waals surface area contributed by atoms with E-state index in [1.807, 2.05) is 13.8 Å². The molecule has 9 nitrogen and oxygen atoms in total. The lowest BCUT2D eigenvalue weighted by Crippen LogP contribution is -2.33. The predicted octanol–water partition coefficient (Wildman–Crippen LogP) is 3.66. The van der Waals surface area contributed by atoms with Crippen LogP contribution in [0.5, 0.6) is 5.75 Å². The Bertz CT molecular complexity index is 946. The van der Waals surface area contributed by atoms with E-state index in [1.165, 1.54) is 0 Å². The molecular weight excluding hydrogens is 424 g/mol. The minimum atomic E-state index is -0.423. The number of halogens is 1. The maximum atomic E-state index is 12.2. The van der Waals surface area contributed by atoms with Crippen molar-refractivity contribution in [3.63, 3.8) is 0 Å². The van der Waals surface area contributed by atoms with Crippen molar-refractivity contribution in [2.75, 3.05) is 11.9 Å². The lowest BCUT2D eigenvalue weighted by molar-refractivity contribution is -0.118. The molecule has 2 amide bonds. The molecule has 0 spiro atoms. The van der Waals surface area contributed by atoms with Gasteiger partial charge in [0.25, 0.3) is 5.91 Å². The number of hydrogen-bond donors (Lipinski definition) is 3. The van der Waals surface area contributed by atoms with Gasteiger partial charge in [-0.1, -0.05) is 17.7 Å². The van der Waals surface area contributed by atoms with Crippen molar-refractivity contribution < 1.29 is 23.9 Å². The molecule has 1 fully saturated rings. The van der Waals surface area contributed by atoms with E-state index in [0.29, 0.717) is 18.5 Å². The van der Waals surface area contributed by atoms with Gasteiger partial charge in [-0.3, -0.25) is 14.7 Å². The molecule has 3 rings (SSSR count). The first-order valence-electron chi connectivity index (χ1n) is 10.0. The highest BCUT2D eigenvalue weighted by molar-refractivity contribution is 6.33. The van der Waals surface area contributed by atoms with Gasteiger partial charge in [-0.15, -0.1) is 0 Å². The van der Waals surface area contributed by atoms with E-state index in [2.05, 4.69) is 20.8 Å². The molecule has 2 atom stereocenters. The summed E-state index contributed by atoms with van der Waals surface area (Å²) in [5, 5.41) is 12.7. The van der Waals surface area contributed by atoms with Gasteiger partial charge in [-0.2, -0.15) is 5.10 Å². The quantitative estimate of drug-likeness (QED) is 0.529. The minimum Gasteiger partial charge on any atom is -0.483 e. The molecule has 1 saturated carbocycles. The Labute approximate surface area is 184 Å². The second-order valence-electron chi connectivity index (χ2n) is 7.65. The van der Waals surface area contributed by atoms with E-state index in [0.717, 1.165) is 18.5 Å². The fraction of sp³-hybridized carbons (Fsp3) is 0.429. The number of aldehydes is 1. The first-order valence-corrected chi connectivity index (χ1v) is 10.4. The summed E-state index contributed by atoms with van der Waals surface area (Å²) in [4.78, 5) is 35.1. The Morgan fingerprint density at radius 1 is 1.35 bits per heavy atom. The van der Waals surface area contributed by atoms with E-state index in [9.17, 15) is 14.4 Å². The number of nitrogens with zero attached hydrogens (tertiary/aromatic N) is 1. The van der Waals surface area contributed by atoms with Crippen LogP contribution in [0, 0.1) is 0 Å². The molecule has 2 aromatic rings. The predicted molar refractivity (Wildman–Crippen MR) is 115 cm³/mol. The van der Waals surface area contributed by atoms with E-state index < -0.39 is 12.0 Å². The number of carbonyl (C=O) groups excluding carboxylic acids is 3.